The fraction of sp³-hybridized carbons (Fsp3) is 0.250. The zero-order valence-electron chi connectivity index (χ0n) is 15.2. The summed E-state index contributed by atoms with van der Waals surface area (Å²) in [4.78, 5) is 39.0. The van der Waals surface area contributed by atoms with Gasteiger partial charge in [-0.25, -0.2) is 4.39 Å². The minimum atomic E-state index is -0.621. The summed E-state index contributed by atoms with van der Waals surface area (Å²) in [6.07, 6.45) is 1.99. The largest absolute Gasteiger partial charge is 0.455 e. The quantitative estimate of drug-likeness (QED) is 0.594. The van der Waals surface area contributed by atoms with Gasteiger partial charge in [-0.2, -0.15) is 0 Å². The number of benzene rings is 2. The van der Waals surface area contributed by atoms with Crippen molar-refractivity contribution in [1.82, 2.24) is 0 Å². The second-order valence-corrected chi connectivity index (χ2v) is 7.15. The van der Waals surface area contributed by atoms with E-state index in [4.69, 9.17) is 4.74 Å². The van der Waals surface area contributed by atoms with E-state index in [0.717, 1.165) is 10.6 Å². The van der Waals surface area contributed by atoms with Crippen molar-refractivity contribution in [2.75, 3.05) is 29.6 Å². The molecule has 3 rings (SSSR count). The zero-order chi connectivity index (χ0) is 20.1. The molecule has 1 aliphatic heterocycles. The fourth-order valence-electron chi connectivity index (χ4n) is 2.88. The van der Waals surface area contributed by atoms with Gasteiger partial charge in [-0.05, 0) is 48.7 Å². The van der Waals surface area contributed by atoms with Gasteiger partial charge in [0.05, 0.1) is 5.92 Å². The lowest BCUT2D eigenvalue weighted by Gasteiger charge is -2.17. The molecule has 8 heteroatoms. The molecule has 0 bridgehead atoms. The van der Waals surface area contributed by atoms with Crippen molar-refractivity contribution in [3.05, 3.63) is 54.3 Å². The minimum absolute atomic E-state index is 0.0436. The first-order chi connectivity index (χ1) is 13.5. The van der Waals surface area contributed by atoms with Crippen LogP contribution in [0.4, 0.5) is 15.8 Å². The third-order valence-corrected chi connectivity index (χ3v) is 5.02. The number of thioether (sulfide) groups is 1. The summed E-state index contributed by atoms with van der Waals surface area (Å²) in [5, 5.41) is 2.51. The molecule has 2 aromatic rings. The van der Waals surface area contributed by atoms with Crippen LogP contribution in [0.25, 0.3) is 0 Å². The summed E-state index contributed by atoms with van der Waals surface area (Å²) in [6, 6.07) is 12.8. The maximum Gasteiger partial charge on any atom is 0.311 e. The van der Waals surface area contributed by atoms with E-state index in [1.165, 1.54) is 24.3 Å². The molecule has 0 radical (unpaired) electrons. The third-order valence-electron chi connectivity index (χ3n) is 4.30. The van der Waals surface area contributed by atoms with Crippen LogP contribution < -0.4 is 10.2 Å². The number of amides is 2. The Labute approximate surface area is 166 Å². The lowest BCUT2D eigenvalue weighted by Crippen LogP contribution is -2.28. The van der Waals surface area contributed by atoms with E-state index in [-0.39, 0.29) is 18.9 Å². The van der Waals surface area contributed by atoms with E-state index in [2.05, 4.69) is 5.32 Å². The summed E-state index contributed by atoms with van der Waals surface area (Å²) in [5.74, 6) is -2.32. The van der Waals surface area contributed by atoms with Crippen LogP contribution in [0.5, 0.6) is 0 Å². The number of nitrogens with zero attached hydrogens (tertiary/aromatic N) is 1. The second-order valence-electron chi connectivity index (χ2n) is 6.27. The van der Waals surface area contributed by atoms with Gasteiger partial charge in [0.25, 0.3) is 5.91 Å². The van der Waals surface area contributed by atoms with Gasteiger partial charge in [-0.1, -0.05) is 6.07 Å². The van der Waals surface area contributed by atoms with Gasteiger partial charge < -0.3 is 15.0 Å². The second kappa shape index (κ2) is 8.88. The summed E-state index contributed by atoms with van der Waals surface area (Å²) >= 11 is 1.57. The van der Waals surface area contributed by atoms with E-state index < -0.39 is 30.2 Å². The Bertz CT molecular complexity index is 888. The molecular weight excluding hydrogens is 383 g/mol. The molecule has 0 spiro atoms. The molecule has 1 atom stereocenters. The number of halogens is 1. The average molecular weight is 402 g/mol. The molecule has 146 valence electrons. The average Bonchev–Trinajstić information content (AvgIpc) is 3.10. The maximum atomic E-state index is 12.9. The normalized spacial score (nSPS) is 16.1. The van der Waals surface area contributed by atoms with Crippen molar-refractivity contribution in [1.29, 1.82) is 0 Å². The molecular formula is C20H19FN2O4S. The first-order valence-electron chi connectivity index (χ1n) is 8.62. The molecule has 1 fully saturated rings. The predicted molar refractivity (Wildman–Crippen MR) is 105 cm³/mol. The molecule has 0 saturated carbocycles. The van der Waals surface area contributed by atoms with Crippen LogP contribution in [0.2, 0.25) is 0 Å². The summed E-state index contributed by atoms with van der Waals surface area (Å²) < 4.78 is 17.9. The molecule has 1 aliphatic rings. The fourth-order valence-corrected chi connectivity index (χ4v) is 3.33. The van der Waals surface area contributed by atoms with E-state index in [9.17, 15) is 18.8 Å². The number of hydrogen-bond donors (Lipinski definition) is 1. The molecule has 0 unspecified atom stereocenters. The number of rotatable bonds is 6. The van der Waals surface area contributed by atoms with Crippen LogP contribution in [0.3, 0.4) is 0 Å². The van der Waals surface area contributed by atoms with Crippen LogP contribution in [0.15, 0.2) is 53.4 Å². The highest BCUT2D eigenvalue weighted by molar-refractivity contribution is 7.98. The highest BCUT2D eigenvalue weighted by Gasteiger charge is 2.36. The Morgan fingerprint density at radius 1 is 1.25 bits per heavy atom. The van der Waals surface area contributed by atoms with Crippen molar-refractivity contribution in [3.63, 3.8) is 0 Å². The van der Waals surface area contributed by atoms with E-state index in [1.807, 2.05) is 30.5 Å². The van der Waals surface area contributed by atoms with Crippen molar-refractivity contribution in [2.24, 2.45) is 5.92 Å². The Morgan fingerprint density at radius 2 is 2.00 bits per heavy atom. The highest BCUT2D eigenvalue weighted by Crippen LogP contribution is 2.28. The molecule has 0 aromatic heterocycles. The smallest absolute Gasteiger partial charge is 0.311 e. The molecule has 28 heavy (non-hydrogen) atoms. The lowest BCUT2D eigenvalue weighted by atomic mass is 10.1. The first kappa shape index (κ1) is 19.9. The number of carbonyl (C=O) groups excluding carboxylic acids is 3. The lowest BCUT2D eigenvalue weighted by molar-refractivity contribution is -0.151. The number of ether oxygens (including phenoxy) is 1. The van der Waals surface area contributed by atoms with Crippen LogP contribution in [0, 0.1) is 11.7 Å². The van der Waals surface area contributed by atoms with Gasteiger partial charge in [0, 0.05) is 29.2 Å². The molecule has 1 N–H and O–H groups in total. The Balaban J connectivity index is 1.52. The Hall–Kier alpha value is -2.87. The molecule has 6 nitrogen and oxygen atoms in total. The maximum absolute atomic E-state index is 12.9. The van der Waals surface area contributed by atoms with Crippen molar-refractivity contribution in [2.45, 2.75) is 11.3 Å². The van der Waals surface area contributed by atoms with Crippen LogP contribution in [0.1, 0.15) is 6.42 Å². The third kappa shape index (κ3) is 4.89. The highest BCUT2D eigenvalue weighted by atomic mass is 32.2. The van der Waals surface area contributed by atoms with Crippen molar-refractivity contribution in [3.8, 4) is 0 Å². The number of carbonyl (C=O) groups is 3. The van der Waals surface area contributed by atoms with Gasteiger partial charge in [0.2, 0.25) is 5.91 Å². The SMILES string of the molecule is CSc1cccc(N2C[C@H](C(=O)OCC(=O)Nc3ccc(F)cc3)CC2=O)c1. The van der Waals surface area contributed by atoms with E-state index in [0.29, 0.717) is 5.69 Å². The van der Waals surface area contributed by atoms with Gasteiger partial charge >= 0.3 is 5.97 Å². The first-order valence-corrected chi connectivity index (χ1v) is 9.85. The van der Waals surface area contributed by atoms with E-state index >= 15 is 0 Å². The van der Waals surface area contributed by atoms with Gasteiger partial charge in [-0.3, -0.25) is 14.4 Å². The molecule has 1 heterocycles. The van der Waals surface area contributed by atoms with Gasteiger partial charge in [0.1, 0.15) is 5.82 Å². The number of hydrogen-bond acceptors (Lipinski definition) is 5. The molecule has 2 amide bonds. The molecule has 2 aromatic carbocycles. The number of esters is 1. The summed E-state index contributed by atoms with van der Waals surface area (Å²) in [6.45, 7) is -0.252. The van der Waals surface area contributed by atoms with Crippen molar-refractivity contribution >= 4 is 40.9 Å². The Kier molecular flexibility index (Phi) is 6.30. The molecule has 1 saturated heterocycles. The minimum Gasteiger partial charge on any atom is -0.455 e. The van der Waals surface area contributed by atoms with Gasteiger partial charge in [0.15, 0.2) is 6.61 Å². The number of nitrogens with one attached hydrogen (secondary N) is 1. The van der Waals surface area contributed by atoms with Gasteiger partial charge in [-0.15, -0.1) is 11.8 Å². The number of anilines is 2. The topological polar surface area (TPSA) is 75.7 Å². The zero-order valence-corrected chi connectivity index (χ0v) is 16.0. The van der Waals surface area contributed by atoms with Crippen molar-refractivity contribution < 1.29 is 23.5 Å². The van der Waals surface area contributed by atoms with Crippen LogP contribution >= 0.6 is 11.8 Å². The predicted octanol–water partition coefficient (Wildman–Crippen LogP) is 3.08. The monoisotopic (exact) mass is 402 g/mol. The molecule has 0 aliphatic carbocycles. The summed E-state index contributed by atoms with van der Waals surface area (Å²) in [7, 11) is 0. The van der Waals surface area contributed by atoms with Crippen LogP contribution in [-0.2, 0) is 19.1 Å². The summed E-state index contributed by atoms with van der Waals surface area (Å²) in [5.41, 5.74) is 1.14. The standard InChI is InChI=1S/C20H19FN2O4S/c1-28-17-4-2-3-16(10-17)23-11-13(9-19(23)25)20(26)27-12-18(24)22-15-7-5-14(21)6-8-15/h2-8,10,13H,9,11-12H2,1H3,(H,22,24)/t13-/m1/s1. The van der Waals surface area contributed by atoms with Crippen LogP contribution in [-0.4, -0.2) is 37.2 Å². The Morgan fingerprint density at radius 3 is 2.71 bits per heavy atom. The van der Waals surface area contributed by atoms with E-state index in [1.54, 1.807) is 16.7 Å².